The third-order valence-corrected chi connectivity index (χ3v) is 3.31. The van der Waals surface area contributed by atoms with Gasteiger partial charge >= 0.3 is 0 Å². The monoisotopic (exact) mass is 239 g/mol. The fourth-order valence-electron chi connectivity index (χ4n) is 2.18. The topological polar surface area (TPSA) is 88.6 Å². The van der Waals surface area contributed by atoms with Gasteiger partial charge in [0.15, 0.2) is 6.10 Å². The van der Waals surface area contributed by atoms with Crippen molar-refractivity contribution in [3.8, 4) is 6.07 Å². The van der Waals surface area contributed by atoms with Gasteiger partial charge in [-0.05, 0) is 12.8 Å². The molecule has 0 aliphatic carbocycles. The molecule has 2 fully saturated rings. The van der Waals surface area contributed by atoms with Crippen molar-refractivity contribution in [2.75, 3.05) is 32.9 Å². The molecule has 2 aliphatic heterocycles. The molecule has 0 radical (unpaired) electrons. The molecule has 2 aliphatic rings. The van der Waals surface area contributed by atoms with Crippen LogP contribution < -0.4 is 5.73 Å². The Kier molecular flexibility index (Phi) is 3.62. The second kappa shape index (κ2) is 5.00. The van der Waals surface area contributed by atoms with E-state index in [1.165, 1.54) is 0 Å². The maximum Gasteiger partial charge on any atom is 0.243 e. The van der Waals surface area contributed by atoms with E-state index >= 15 is 0 Å². The standard InChI is InChI=1S/C11H17N3O3/c12-7-9-8-14(3-6-17-9)10(15)11(13)1-4-16-5-2-11/h9H,1-6,8,13H2. The highest BCUT2D eigenvalue weighted by Gasteiger charge is 2.40. The minimum atomic E-state index is -0.824. The van der Waals surface area contributed by atoms with E-state index in [0.29, 0.717) is 45.8 Å². The number of hydrogen-bond donors (Lipinski definition) is 1. The molecule has 17 heavy (non-hydrogen) atoms. The normalized spacial score (nSPS) is 28.5. The van der Waals surface area contributed by atoms with Crippen LogP contribution in [0.1, 0.15) is 12.8 Å². The molecule has 1 atom stereocenters. The van der Waals surface area contributed by atoms with Crippen LogP contribution in [0.5, 0.6) is 0 Å². The molecule has 2 N–H and O–H groups in total. The zero-order chi connectivity index (χ0) is 12.3. The van der Waals surface area contributed by atoms with Crippen molar-refractivity contribution >= 4 is 5.91 Å². The van der Waals surface area contributed by atoms with Gasteiger partial charge in [-0.2, -0.15) is 5.26 Å². The summed E-state index contributed by atoms with van der Waals surface area (Å²) in [5.41, 5.74) is 5.30. The van der Waals surface area contributed by atoms with Crippen LogP contribution in [-0.2, 0) is 14.3 Å². The fourth-order valence-corrected chi connectivity index (χ4v) is 2.18. The second-order valence-electron chi connectivity index (χ2n) is 4.51. The third kappa shape index (κ3) is 2.57. The van der Waals surface area contributed by atoms with Crippen molar-refractivity contribution in [3.63, 3.8) is 0 Å². The van der Waals surface area contributed by atoms with E-state index in [9.17, 15) is 4.79 Å². The summed E-state index contributed by atoms with van der Waals surface area (Å²) in [6.07, 6.45) is 0.553. The SMILES string of the molecule is N#CC1CN(C(=O)C2(N)CCOCC2)CCO1. The van der Waals surface area contributed by atoms with E-state index in [0.717, 1.165) is 0 Å². The van der Waals surface area contributed by atoms with Crippen molar-refractivity contribution in [1.29, 1.82) is 5.26 Å². The largest absolute Gasteiger partial charge is 0.381 e. The number of ether oxygens (including phenoxy) is 2. The van der Waals surface area contributed by atoms with Gasteiger partial charge in [0.05, 0.1) is 24.8 Å². The molecular formula is C11H17N3O3. The Hall–Kier alpha value is -1.16. The van der Waals surface area contributed by atoms with Crippen LogP contribution in [0.2, 0.25) is 0 Å². The van der Waals surface area contributed by atoms with E-state index in [-0.39, 0.29) is 5.91 Å². The van der Waals surface area contributed by atoms with E-state index in [1.54, 1.807) is 4.90 Å². The van der Waals surface area contributed by atoms with Crippen LogP contribution in [-0.4, -0.2) is 55.4 Å². The molecule has 0 spiro atoms. The van der Waals surface area contributed by atoms with Gasteiger partial charge < -0.3 is 20.1 Å². The summed E-state index contributed by atoms with van der Waals surface area (Å²) in [5.74, 6) is -0.0793. The lowest BCUT2D eigenvalue weighted by molar-refractivity contribution is -0.146. The van der Waals surface area contributed by atoms with Crippen LogP contribution in [0.15, 0.2) is 0 Å². The molecule has 2 heterocycles. The summed E-state index contributed by atoms with van der Waals surface area (Å²) in [4.78, 5) is 14.0. The van der Waals surface area contributed by atoms with Gasteiger partial charge in [0.1, 0.15) is 0 Å². The number of nitrogens with zero attached hydrogens (tertiary/aromatic N) is 2. The second-order valence-corrected chi connectivity index (χ2v) is 4.51. The number of carbonyl (C=O) groups is 1. The minimum absolute atomic E-state index is 0.0793. The van der Waals surface area contributed by atoms with Crippen LogP contribution in [0, 0.1) is 11.3 Å². The van der Waals surface area contributed by atoms with Gasteiger partial charge in [-0.3, -0.25) is 4.79 Å². The summed E-state index contributed by atoms with van der Waals surface area (Å²) in [6, 6.07) is 2.02. The summed E-state index contributed by atoms with van der Waals surface area (Å²) in [5, 5.41) is 8.80. The Labute approximate surface area is 100 Å². The smallest absolute Gasteiger partial charge is 0.243 e. The Morgan fingerprint density at radius 1 is 1.41 bits per heavy atom. The zero-order valence-corrected chi connectivity index (χ0v) is 9.72. The Morgan fingerprint density at radius 3 is 2.76 bits per heavy atom. The highest BCUT2D eigenvalue weighted by molar-refractivity contribution is 5.86. The molecule has 6 nitrogen and oxygen atoms in total. The molecule has 6 heteroatoms. The van der Waals surface area contributed by atoms with Gasteiger partial charge in [0, 0.05) is 19.8 Å². The highest BCUT2D eigenvalue weighted by atomic mass is 16.5. The van der Waals surface area contributed by atoms with Crippen molar-refractivity contribution in [2.45, 2.75) is 24.5 Å². The van der Waals surface area contributed by atoms with Crippen molar-refractivity contribution in [3.05, 3.63) is 0 Å². The Balaban J connectivity index is 2.01. The molecule has 1 amide bonds. The first-order chi connectivity index (χ1) is 8.15. The predicted octanol–water partition coefficient (Wildman–Crippen LogP) is -0.755. The van der Waals surface area contributed by atoms with Crippen LogP contribution in [0.4, 0.5) is 0 Å². The van der Waals surface area contributed by atoms with Gasteiger partial charge in [-0.25, -0.2) is 0 Å². The van der Waals surface area contributed by atoms with Crippen molar-refractivity contribution in [2.24, 2.45) is 5.73 Å². The summed E-state index contributed by atoms with van der Waals surface area (Å²) < 4.78 is 10.4. The minimum Gasteiger partial charge on any atom is -0.381 e. The number of nitrogens with two attached hydrogens (primary N) is 1. The summed E-state index contributed by atoms with van der Waals surface area (Å²) >= 11 is 0. The lowest BCUT2D eigenvalue weighted by Crippen LogP contribution is -2.60. The van der Waals surface area contributed by atoms with Crippen molar-refractivity contribution in [1.82, 2.24) is 4.90 Å². The molecule has 2 rings (SSSR count). The average molecular weight is 239 g/mol. The number of amides is 1. The molecule has 2 saturated heterocycles. The fraction of sp³-hybridized carbons (Fsp3) is 0.818. The first-order valence-corrected chi connectivity index (χ1v) is 5.83. The first-order valence-electron chi connectivity index (χ1n) is 5.83. The molecule has 1 unspecified atom stereocenters. The maximum atomic E-state index is 12.3. The molecule has 0 aromatic heterocycles. The zero-order valence-electron chi connectivity index (χ0n) is 9.72. The van der Waals surface area contributed by atoms with E-state index in [2.05, 4.69) is 0 Å². The predicted molar refractivity (Wildman–Crippen MR) is 58.9 cm³/mol. The van der Waals surface area contributed by atoms with Crippen LogP contribution in [0.3, 0.4) is 0 Å². The van der Waals surface area contributed by atoms with Crippen molar-refractivity contribution < 1.29 is 14.3 Å². The number of rotatable bonds is 1. The molecule has 0 aromatic rings. The van der Waals surface area contributed by atoms with E-state index < -0.39 is 11.6 Å². The Morgan fingerprint density at radius 2 is 2.12 bits per heavy atom. The molecule has 94 valence electrons. The van der Waals surface area contributed by atoms with Crippen LogP contribution in [0.25, 0.3) is 0 Å². The maximum absolute atomic E-state index is 12.3. The Bertz CT molecular complexity index is 333. The summed E-state index contributed by atoms with van der Waals surface area (Å²) in [7, 11) is 0. The average Bonchev–Trinajstić information content (AvgIpc) is 2.39. The number of carbonyl (C=O) groups excluding carboxylic acids is 1. The van der Waals surface area contributed by atoms with Crippen LogP contribution >= 0.6 is 0 Å². The quantitative estimate of drug-likeness (QED) is 0.650. The van der Waals surface area contributed by atoms with E-state index in [1.807, 2.05) is 6.07 Å². The third-order valence-electron chi connectivity index (χ3n) is 3.31. The molecule has 0 aromatic carbocycles. The van der Waals surface area contributed by atoms with E-state index in [4.69, 9.17) is 20.5 Å². The van der Waals surface area contributed by atoms with Gasteiger partial charge in [-0.15, -0.1) is 0 Å². The molecular weight excluding hydrogens is 222 g/mol. The van der Waals surface area contributed by atoms with Gasteiger partial charge in [0.2, 0.25) is 5.91 Å². The summed E-state index contributed by atoms with van der Waals surface area (Å²) in [6.45, 7) is 2.27. The number of morpholine rings is 1. The highest BCUT2D eigenvalue weighted by Crippen LogP contribution is 2.21. The molecule has 0 saturated carbocycles. The lowest BCUT2D eigenvalue weighted by atomic mass is 9.89. The number of nitriles is 1. The molecule has 0 bridgehead atoms. The lowest BCUT2D eigenvalue weighted by Gasteiger charge is -2.39. The first kappa shape index (κ1) is 12.3. The van der Waals surface area contributed by atoms with Gasteiger partial charge in [0.25, 0.3) is 0 Å². The number of hydrogen-bond acceptors (Lipinski definition) is 5. The van der Waals surface area contributed by atoms with Gasteiger partial charge in [-0.1, -0.05) is 0 Å².